The van der Waals surface area contributed by atoms with E-state index in [-0.39, 0.29) is 24.2 Å². The van der Waals surface area contributed by atoms with Gasteiger partial charge >= 0.3 is 12.0 Å². The Hall–Kier alpha value is -2.88. The summed E-state index contributed by atoms with van der Waals surface area (Å²) in [5, 5.41) is 13.4. The molecular weight excluding hydrogens is 289 g/mol. The highest BCUT2D eigenvalue weighted by Crippen LogP contribution is 2.29. The van der Waals surface area contributed by atoms with Crippen molar-refractivity contribution < 1.29 is 18.7 Å². The van der Waals surface area contributed by atoms with E-state index < -0.39 is 23.9 Å². The predicted octanol–water partition coefficient (Wildman–Crippen LogP) is 1.91. The molecule has 1 aliphatic rings. The molecule has 0 aromatic heterocycles. The molecule has 1 unspecified atom stereocenters. The number of halogens is 1. The topological polar surface area (TPSA) is 91.2 Å². The number of carbonyl (C=O) groups excluding carboxylic acids is 2. The van der Waals surface area contributed by atoms with Gasteiger partial charge < -0.3 is 15.4 Å². The number of hydrogen-bond acceptors (Lipinski definition) is 4. The number of benzene rings is 1. The van der Waals surface area contributed by atoms with E-state index in [2.05, 4.69) is 10.6 Å². The third kappa shape index (κ3) is 3.23. The number of esters is 1. The number of rotatable bonds is 4. The van der Waals surface area contributed by atoms with Gasteiger partial charge in [0.05, 0.1) is 24.1 Å². The summed E-state index contributed by atoms with van der Waals surface area (Å²) in [6.45, 7) is 1.47. The van der Waals surface area contributed by atoms with Crippen molar-refractivity contribution >= 4 is 12.0 Å². The van der Waals surface area contributed by atoms with Crippen molar-refractivity contribution in [1.29, 1.82) is 5.26 Å². The zero-order valence-electron chi connectivity index (χ0n) is 11.9. The summed E-state index contributed by atoms with van der Waals surface area (Å²) in [5.74, 6) is -1.24. The molecule has 2 amide bonds. The number of amides is 2. The third-order valence-corrected chi connectivity index (χ3v) is 3.15. The molecule has 1 aromatic rings. The minimum absolute atomic E-state index is 0.0578. The monoisotopic (exact) mass is 303 g/mol. The van der Waals surface area contributed by atoms with E-state index in [0.29, 0.717) is 5.70 Å². The van der Waals surface area contributed by atoms with E-state index in [1.165, 1.54) is 25.1 Å². The highest BCUT2D eigenvalue weighted by Gasteiger charge is 2.33. The van der Waals surface area contributed by atoms with Crippen molar-refractivity contribution in [1.82, 2.24) is 10.6 Å². The first kappa shape index (κ1) is 15.5. The maximum atomic E-state index is 14.0. The Morgan fingerprint density at radius 2 is 2.18 bits per heavy atom. The number of urea groups is 1. The van der Waals surface area contributed by atoms with Crippen LogP contribution in [0.25, 0.3) is 0 Å². The third-order valence-electron chi connectivity index (χ3n) is 3.15. The van der Waals surface area contributed by atoms with Gasteiger partial charge in [-0.2, -0.15) is 5.26 Å². The first-order chi connectivity index (χ1) is 10.5. The number of nitriles is 1. The number of nitrogens with zero attached hydrogens (tertiary/aromatic N) is 1. The second-order valence-electron chi connectivity index (χ2n) is 4.64. The Bertz CT molecular complexity index is 679. The molecule has 0 aliphatic carbocycles. The fraction of sp³-hybridized carbons (Fsp3) is 0.267. The predicted molar refractivity (Wildman–Crippen MR) is 74.7 cm³/mol. The lowest BCUT2D eigenvalue weighted by atomic mass is 9.95. The van der Waals surface area contributed by atoms with Crippen LogP contribution in [0.3, 0.4) is 0 Å². The van der Waals surface area contributed by atoms with Crippen LogP contribution in [0.2, 0.25) is 0 Å². The number of carbonyl (C=O) groups is 2. The molecule has 0 bridgehead atoms. The summed E-state index contributed by atoms with van der Waals surface area (Å²) in [7, 11) is 0. The first-order valence-electron chi connectivity index (χ1n) is 6.61. The van der Waals surface area contributed by atoms with Gasteiger partial charge in [-0.05, 0) is 13.0 Å². The maximum absolute atomic E-state index is 14.0. The largest absolute Gasteiger partial charge is 0.461 e. The lowest BCUT2D eigenvalue weighted by Crippen LogP contribution is -2.45. The summed E-state index contributed by atoms with van der Waals surface area (Å²) in [5.41, 5.74) is 0.575. The first-order valence-corrected chi connectivity index (χ1v) is 6.61. The Kier molecular flexibility index (Phi) is 4.73. The van der Waals surface area contributed by atoms with Crippen molar-refractivity contribution in [2.75, 3.05) is 6.61 Å². The van der Waals surface area contributed by atoms with Gasteiger partial charge in [0.25, 0.3) is 0 Å². The van der Waals surface area contributed by atoms with Crippen LogP contribution in [0.5, 0.6) is 0 Å². The highest BCUT2D eigenvalue weighted by molar-refractivity contribution is 5.95. The van der Waals surface area contributed by atoms with Crippen LogP contribution >= 0.6 is 0 Å². The van der Waals surface area contributed by atoms with Crippen LogP contribution in [0.4, 0.5) is 9.18 Å². The minimum Gasteiger partial charge on any atom is -0.461 e. The molecule has 0 spiro atoms. The second-order valence-corrected chi connectivity index (χ2v) is 4.64. The summed E-state index contributed by atoms with van der Waals surface area (Å²) in [4.78, 5) is 23.8. The van der Waals surface area contributed by atoms with Gasteiger partial charge in [0.15, 0.2) is 0 Å². The van der Waals surface area contributed by atoms with Gasteiger partial charge in [0.1, 0.15) is 12.4 Å². The minimum atomic E-state index is -0.940. The Morgan fingerprint density at radius 3 is 2.86 bits per heavy atom. The van der Waals surface area contributed by atoms with E-state index in [1.807, 2.05) is 6.07 Å². The molecular formula is C15H14FN3O3. The average Bonchev–Trinajstić information content (AvgIpc) is 2.47. The van der Waals surface area contributed by atoms with Crippen LogP contribution < -0.4 is 10.6 Å². The van der Waals surface area contributed by atoms with E-state index in [0.717, 1.165) is 0 Å². The van der Waals surface area contributed by atoms with Crippen LogP contribution in [0.15, 0.2) is 35.5 Å². The molecule has 114 valence electrons. The fourth-order valence-electron chi connectivity index (χ4n) is 2.17. The second kappa shape index (κ2) is 6.72. The molecule has 1 heterocycles. The molecule has 6 nitrogen and oxygen atoms in total. The normalized spacial score (nSPS) is 17.3. The molecule has 0 fully saturated rings. The standard InChI is InChI=1S/C15H14FN3O3/c1-9-12(14(20)22-8-4-7-17)13(19-15(21)18-9)10-5-2-3-6-11(10)16/h2-3,5-6,13H,4,8H2,1H3,(H2,18,19,21). The molecule has 0 radical (unpaired) electrons. The number of nitrogens with one attached hydrogen (secondary N) is 2. The highest BCUT2D eigenvalue weighted by atomic mass is 19.1. The van der Waals surface area contributed by atoms with Crippen molar-refractivity contribution in [3.63, 3.8) is 0 Å². The van der Waals surface area contributed by atoms with Gasteiger partial charge in [-0.1, -0.05) is 18.2 Å². The molecule has 0 saturated carbocycles. The lowest BCUT2D eigenvalue weighted by Gasteiger charge is -2.28. The Labute approximate surface area is 126 Å². The zero-order valence-corrected chi connectivity index (χ0v) is 11.9. The maximum Gasteiger partial charge on any atom is 0.338 e. The van der Waals surface area contributed by atoms with Gasteiger partial charge in [0.2, 0.25) is 0 Å². The summed E-state index contributed by atoms with van der Waals surface area (Å²) < 4.78 is 19.0. The van der Waals surface area contributed by atoms with Crippen molar-refractivity contribution in [2.24, 2.45) is 0 Å². The quantitative estimate of drug-likeness (QED) is 0.656. The smallest absolute Gasteiger partial charge is 0.338 e. The summed E-state index contributed by atoms with van der Waals surface area (Å²) in [6, 6.07) is 6.25. The number of hydrogen-bond donors (Lipinski definition) is 2. The van der Waals surface area contributed by atoms with Crippen molar-refractivity contribution in [3.8, 4) is 6.07 Å². The average molecular weight is 303 g/mol. The summed E-state index contributed by atoms with van der Waals surface area (Å²) in [6.07, 6.45) is 0.0578. The molecule has 1 atom stereocenters. The van der Waals surface area contributed by atoms with Crippen molar-refractivity contribution in [3.05, 3.63) is 46.9 Å². The van der Waals surface area contributed by atoms with Crippen molar-refractivity contribution in [2.45, 2.75) is 19.4 Å². The van der Waals surface area contributed by atoms with Crippen LogP contribution in [0, 0.1) is 17.1 Å². The molecule has 2 rings (SSSR count). The Morgan fingerprint density at radius 1 is 1.45 bits per heavy atom. The molecule has 0 saturated heterocycles. The number of ether oxygens (including phenoxy) is 1. The van der Waals surface area contributed by atoms with Gasteiger partial charge in [0, 0.05) is 11.3 Å². The van der Waals surface area contributed by atoms with E-state index in [9.17, 15) is 14.0 Å². The van der Waals surface area contributed by atoms with E-state index >= 15 is 0 Å². The Balaban J connectivity index is 2.36. The van der Waals surface area contributed by atoms with Crippen LogP contribution in [0.1, 0.15) is 24.9 Å². The van der Waals surface area contributed by atoms with Crippen LogP contribution in [-0.4, -0.2) is 18.6 Å². The zero-order chi connectivity index (χ0) is 16.1. The molecule has 2 N–H and O–H groups in total. The summed E-state index contributed by atoms with van der Waals surface area (Å²) >= 11 is 0. The molecule has 7 heteroatoms. The molecule has 1 aliphatic heterocycles. The SMILES string of the molecule is CC1=C(C(=O)OCCC#N)C(c2ccccc2F)NC(=O)N1. The van der Waals surface area contributed by atoms with Gasteiger partial charge in [-0.25, -0.2) is 14.0 Å². The van der Waals surface area contributed by atoms with Crippen LogP contribution in [-0.2, 0) is 9.53 Å². The lowest BCUT2D eigenvalue weighted by molar-refractivity contribution is -0.139. The molecule has 1 aromatic carbocycles. The van der Waals surface area contributed by atoms with Gasteiger partial charge in [-0.15, -0.1) is 0 Å². The van der Waals surface area contributed by atoms with Gasteiger partial charge in [-0.3, -0.25) is 0 Å². The number of allylic oxidation sites excluding steroid dienone is 1. The van der Waals surface area contributed by atoms with E-state index in [1.54, 1.807) is 6.07 Å². The fourth-order valence-corrected chi connectivity index (χ4v) is 2.17. The molecule has 22 heavy (non-hydrogen) atoms. The van der Waals surface area contributed by atoms with E-state index in [4.69, 9.17) is 10.00 Å².